The van der Waals surface area contributed by atoms with Crippen LogP contribution >= 0.6 is 0 Å². The standard InChI is InChI=1S/C16H31N3O3/c1-14(11-19-7-3-2-4-8-19)18-15(21)17-12-16(13-20)5-9-22-10-6-16/h14,20H,2-13H2,1H3,(H2,17,18,21)/t14-/m0/s1. The fraction of sp³-hybridized carbons (Fsp3) is 0.938. The zero-order valence-electron chi connectivity index (χ0n) is 13.8. The molecule has 0 aromatic heterocycles. The molecule has 0 spiro atoms. The lowest BCUT2D eigenvalue weighted by Crippen LogP contribution is -2.50. The number of aliphatic hydroxyl groups excluding tert-OH is 1. The van der Waals surface area contributed by atoms with E-state index >= 15 is 0 Å². The maximum atomic E-state index is 12.0. The summed E-state index contributed by atoms with van der Waals surface area (Å²) in [5, 5.41) is 15.6. The Morgan fingerprint density at radius 1 is 1.27 bits per heavy atom. The van der Waals surface area contributed by atoms with Crippen LogP contribution in [0.1, 0.15) is 39.0 Å². The second-order valence-electron chi connectivity index (χ2n) is 6.86. The van der Waals surface area contributed by atoms with E-state index in [4.69, 9.17) is 4.74 Å². The largest absolute Gasteiger partial charge is 0.396 e. The van der Waals surface area contributed by atoms with Gasteiger partial charge >= 0.3 is 6.03 Å². The van der Waals surface area contributed by atoms with Crippen molar-refractivity contribution >= 4 is 6.03 Å². The number of hydrogen-bond donors (Lipinski definition) is 3. The Morgan fingerprint density at radius 2 is 1.95 bits per heavy atom. The van der Waals surface area contributed by atoms with Gasteiger partial charge in [-0.05, 0) is 45.7 Å². The van der Waals surface area contributed by atoms with E-state index in [0.29, 0.717) is 19.8 Å². The van der Waals surface area contributed by atoms with Gasteiger partial charge in [0.2, 0.25) is 0 Å². The van der Waals surface area contributed by atoms with Crippen molar-refractivity contribution in [2.45, 2.75) is 45.1 Å². The van der Waals surface area contributed by atoms with Crippen LogP contribution in [0, 0.1) is 5.41 Å². The van der Waals surface area contributed by atoms with Gasteiger partial charge in [0.15, 0.2) is 0 Å². The number of likely N-dealkylation sites (tertiary alicyclic amines) is 1. The number of nitrogens with one attached hydrogen (secondary N) is 2. The first-order valence-corrected chi connectivity index (χ1v) is 8.59. The Morgan fingerprint density at radius 3 is 2.59 bits per heavy atom. The van der Waals surface area contributed by atoms with Gasteiger partial charge in [-0.15, -0.1) is 0 Å². The summed E-state index contributed by atoms with van der Waals surface area (Å²) in [7, 11) is 0. The van der Waals surface area contributed by atoms with Gasteiger partial charge in [-0.3, -0.25) is 0 Å². The van der Waals surface area contributed by atoms with E-state index in [-0.39, 0.29) is 24.1 Å². The third kappa shape index (κ3) is 5.41. The van der Waals surface area contributed by atoms with Crippen LogP contribution in [0.15, 0.2) is 0 Å². The average molecular weight is 313 g/mol. The lowest BCUT2D eigenvalue weighted by atomic mass is 9.81. The highest BCUT2D eigenvalue weighted by Crippen LogP contribution is 2.28. The van der Waals surface area contributed by atoms with Gasteiger partial charge in [0.25, 0.3) is 0 Å². The fourth-order valence-electron chi connectivity index (χ4n) is 3.31. The van der Waals surface area contributed by atoms with Crippen molar-refractivity contribution in [1.29, 1.82) is 0 Å². The average Bonchev–Trinajstić information content (AvgIpc) is 2.55. The van der Waals surface area contributed by atoms with Crippen molar-refractivity contribution in [2.75, 3.05) is 46.0 Å². The lowest BCUT2D eigenvalue weighted by molar-refractivity contribution is -0.0139. The smallest absolute Gasteiger partial charge is 0.315 e. The summed E-state index contributed by atoms with van der Waals surface area (Å²) in [5.41, 5.74) is -0.217. The highest BCUT2D eigenvalue weighted by Gasteiger charge is 2.32. The molecule has 2 aliphatic rings. The highest BCUT2D eigenvalue weighted by atomic mass is 16.5. The lowest BCUT2D eigenvalue weighted by Gasteiger charge is -2.35. The first-order valence-electron chi connectivity index (χ1n) is 8.59. The zero-order valence-corrected chi connectivity index (χ0v) is 13.8. The molecule has 0 unspecified atom stereocenters. The predicted octanol–water partition coefficient (Wildman–Crippen LogP) is 0.949. The Labute approximate surface area is 133 Å². The molecule has 0 radical (unpaired) electrons. The van der Waals surface area contributed by atoms with Gasteiger partial charge in [0.1, 0.15) is 0 Å². The molecule has 2 rings (SSSR count). The number of amides is 2. The summed E-state index contributed by atoms with van der Waals surface area (Å²) in [4.78, 5) is 14.5. The number of aliphatic hydroxyl groups is 1. The molecule has 3 N–H and O–H groups in total. The predicted molar refractivity (Wildman–Crippen MR) is 85.9 cm³/mol. The van der Waals surface area contributed by atoms with Crippen molar-refractivity contribution in [3.63, 3.8) is 0 Å². The number of hydrogen-bond acceptors (Lipinski definition) is 4. The minimum Gasteiger partial charge on any atom is -0.396 e. The van der Waals surface area contributed by atoms with E-state index in [1.807, 2.05) is 6.92 Å². The number of rotatable bonds is 6. The zero-order chi connectivity index (χ0) is 15.8. The van der Waals surface area contributed by atoms with Crippen LogP contribution in [0.2, 0.25) is 0 Å². The third-order valence-corrected chi connectivity index (χ3v) is 4.87. The van der Waals surface area contributed by atoms with Crippen LogP contribution in [0.3, 0.4) is 0 Å². The minimum absolute atomic E-state index is 0.0972. The number of ether oxygens (including phenoxy) is 1. The van der Waals surface area contributed by atoms with Crippen LogP contribution < -0.4 is 10.6 Å². The Kier molecular flexibility index (Phi) is 6.92. The van der Waals surface area contributed by atoms with Crippen molar-refractivity contribution < 1.29 is 14.6 Å². The van der Waals surface area contributed by atoms with E-state index < -0.39 is 0 Å². The maximum absolute atomic E-state index is 12.0. The van der Waals surface area contributed by atoms with Gasteiger partial charge in [0, 0.05) is 37.8 Å². The molecule has 2 saturated heterocycles. The summed E-state index contributed by atoms with van der Waals surface area (Å²) in [6.07, 6.45) is 5.45. The van der Waals surface area contributed by atoms with Crippen LogP contribution in [0.4, 0.5) is 4.79 Å². The van der Waals surface area contributed by atoms with E-state index in [2.05, 4.69) is 15.5 Å². The van der Waals surface area contributed by atoms with Crippen molar-refractivity contribution in [3.8, 4) is 0 Å². The van der Waals surface area contributed by atoms with Crippen LogP contribution in [0.5, 0.6) is 0 Å². The number of urea groups is 1. The molecule has 0 aliphatic carbocycles. The molecular weight excluding hydrogens is 282 g/mol. The molecule has 2 heterocycles. The van der Waals surface area contributed by atoms with Crippen molar-refractivity contribution in [2.24, 2.45) is 5.41 Å². The first kappa shape index (κ1) is 17.5. The van der Waals surface area contributed by atoms with E-state index in [1.165, 1.54) is 19.3 Å². The Hall–Kier alpha value is -0.850. The molecule has 2 amide bonds. The molecule has 0 aromatic carbocycles. The maximum Gasteiger partial charge on any atom is 0.315 e. The van der Waals surface area contributed by atoms with Crippen molar-refractivity contribution in [3.05, 3.63) is 0 Å². The molecular formula is C16H31N3O3. The van der Waals surface area contributed by atoms with E-state index in [1.54, 1.807) is 0 Å². The van der Waals surface area contributed by atoms with Crippen molar-refractivity contribution in [1.82, 2.24) is 15.5 Å². The monoisotopic (exact) mass is 313 g/mol. The number of carbonyl (C=O) groups is 1. The SMILES string of the molecule is C[C@@H](CN1CCCCC1)NC(=O)NCC1(CO)CCOCC1. The topological polar surface area (TPSA) is 73.8 Å². The van der Waals surface area contributed by atoms with E-state index in [9.17, 15) is 9.90 Å². The molecule has 2 aliphatic heterocycles. The summed E-state index contributed by atoms with van der Waals surface area (Å²) in [6.45, 7) is 7.17. The number of piperidine rings is 1. The molecule has 1 atom stereocenters. The van der Waals surface area contributed by atoms with Crippen LogP contribution in [-0.2, 0) is 4.74 Å². The molecule has 2 fully saturated rings. The molecule has 0 aromatic rings. The molecule has 22 heavy (non-hydrogen) atoms. The van der Waals surface area contributed by atoms with Crippen LogP contribution in [0.25, 0.3) is 0 Å². The molecule has 6 nitrogen and oxygen atoms in total. The van der Waals surface area contributed by atoms with Gasteiger partial charge in [-0.1, -0.05) is 6.42 Å². The quantitative estimate of drug-likeness (QED) is 0.682. The number of nitrogens with zero attached hydrogens (tertiary/aromatic N) is 1. The van der Waals surface area contributed by atoms with Gasteiger partial charge in [-0.25, -0.2) is 4.79 Å². The molecule has 0 saturated carbocycles. The van der Waals surface area contributed by atoms with Gasteiger partial charge in [0.05, 0.1) is 6.61 Å². The van der Waals surface area contributed by atoms with Gasteiger partial charge < -0.3 is 25.4 Å². The van der Waals surface area contributed by atoms with E-state index in [0.717, 1.165) is 32.5 Å². The summed E-state index contributed by atoms with van der Waals surface area (Å²) < 4.78 is 5.34. The summed E-state index contributed by atoms with van der Waals surface area (Å²) in [5.74, 6) is 0. The Balaban J connectivity index is 1.67. The summed E-state index contributed by atoms with van der Waals surface area (Å²) >= 11 is 0. The number of carbonyl (C=O) groups excluding carboxylic acids is 1. The first-order chi connectivity index (χ1) is 10.6. The fourth-order valence-corrected chi connectivity index (χ4v) is 3.31. The van der Waals surface area contributed by atoms with Crippen LogP contribution in [-0.4, -0.2) is 68.1 Å². The second kappa shape index (κ2) is 8.70. The third-order valence-electron chi connectivity index (χ3n) is 4.87. The van der Waals surface area contributed by atoms with Gasteiger partial charge in [-0.2, -0.15) is 0 Å². The second-order valence-corrected chi connectivity index (χ2v) is 6.86. The highest BCUT2D eigenvalue weighted by molar-refractivity contribution is 5.74. The molecule has 6 heteroatoms. The molecule has 0 bridgehead atoms. The molecule has 128 valence electrons. The summed E-state index contributed by atoms with van der Waals surface area (Å²) in [6, 6.07) is 0.00157. The normalized spacial score (nSPS) is 23.7. The Bertz CT molecular complexity index is 340. The minimum atomic E-state index is -0.217.